The van der Waals surface area contributed by atoms with Crippen LogP contribution in [-0.4, -0.2) is 80.4 Å². The molecule has 1 fully saturated rings. The quantitative estimate of drug-likeness (QED) is 0.828. The van der Waals surface area contributed by atoms with Crippen molar-refractivity contribution in [3.8, 4) is 5.75 Å². The fourth-order valence-corrected chi connectivity index (χ4v) is 2.46. The van der Waals surface area contributed by atoms with Crippen LogP contribution in [0.4, 0.5) is 0 Å². The molecule has 2 amide bonds. The molecule has 1 aliphatic heterocycles. The molecule has 1 saturated heterocycles. The van der Waals surface area contributed by atoms with Crippen LogP contribution < -0.4 is 4.74 Å². The van der Waals surface area contributed by atoms with Gasteiger partial charge in [0.2, 0.25) is 0 Å². The molecule has 1 aromatic carbocycles. The van der Waals surface area contributed by atoms with Crippen LogP contribution >= 0.6 is 0 Å². The number of likely N-dealkylation sites (N-methyl/N-ethyl adjacent to an activating group) is 2. The topological polar surface area (TPSA) is 53.1 Å². The lowest BCUT2D eigenvalue weighted by molar-refractivity contribution is -0.130. The Bertz CT molecular complexity index is 560. The molecule has 0 aromatic heterocycles. The summed E-state index contributed by atoms with van der Waals surface area (Å²) in [5.41, 5.74) is 0.517. The van der Waals surface area contributed by atoms with Gasteiger partial charge in [-0.05, 0) is 32.1 Å². The van der Waals surface area contributed by atoms with Crippen LogP contribution in [-0.2, 0) is 4.79 Å². The molecule has 23 heavy (non-hydrogen) atoms. The lowest BCUT2D eigenvalue weighted by Crippen LogP contribution is -2.35. The molecule has 6 nitrogen and oxygen atoms in total. The van der Waals surface area contributed by atoms with Crippen LogP contribution in [0.25, 0.3) is 0 Å². The second-order valence-corrected chi connectivity index (χ2v) is 6.02. The van der Waals surface area contributed by atoms with Crippen molar-refractivity contribution < 1.29 is 14.3 Å². The number of benzene rings is 1. The molecule has 0 aliphatic carbocycles. The highest BCUT2D eigenvalue weighted by molar-refractivity contribution is 5.97. The zero-order valence-electron chi connectivity index (χ0n) is 14.1. The first-order valence-corrected chi connectivity index (χ1v) is 7.89. The first-order chi connectivity index (χ1) is 11.0. The zero-order chi connectivity index (χ0) is 16.8. The van der Waals surface area contributed by atoms with E-state index in [0.29, 0.717) is 17.9 Å². The highest BCUT2D eigenvalue weighted by Gasteiger charge is 2.22. The van der Waals surface area contributed by atoms with E-state index in [1.807, 2.05) is 17.0 Å². The number of carbonyl (C=O) groups excluding carboxylic acids is 2. The minimum absolute atomic E-state index is 0.0341. The van der Waals surface area contributed by atoms with Crippen molar-refractivity contribution in [2.24, 2.45) is 0 Å². The fourth-order valence-electron chi connectivity index (χ4n) is 2.46. The summed E-state index contributed by atoms with van der Waals surface area (Å²) in [5.74, 6) is 0.294. The maximum atomic E-state index is 12.8. The number of hydrogen-bond donors (Lipinski definition) is 0. The second-order valence-electron chi connectivity index (χ2n) is 6.02. The van der Waals surface area contributed by atoms with E-state index < -0.39 is 0 Å². The molecular weight excluding hydrogens is 294 g/mol. The Morgan fingerprint density at radius 2 is 1.87 bits per heavy atom. The molecule has 6 heteroatoms. The predicted octanol–water partition coefficient (Wildman–Crippen LogP) is 0.931. The molecule has 1 aromatic rings. The Hall–Kier alpha value is -2.08. The van der Waals surface area contributed by atoms with E-state index in [-0.39, 0.29) is 18.4 Å². The zero-order valence-corrected chi connectivity index (χ0v) is 14.1. The molecule has 1 heterocycles. The molecular formula is C17H25N3O3. The smallest absolute Gasteiger partial charge is 0.259 e. The van der Waals surface area contributed by atoms with Gasteiger partial charge in [0.05, 0.1) is 5.56 Å². The monoisotopic (exact) mass is 319 g/mol. The Balaban J connectivity index is 2.09. The Morgan fingerprint density at radius 1 is 1.13 bits per heavy atom. The number of nitrogens with zero attached hydrogens (tertiary/aromatic N) is 3. The van der Waals surface area contributed by atoms with Crippen molar-refractivity contribution >= 4 is 11.8 Å². The number of ether oxygens (including phenoxy) is 1. The third kappa shape index (κ3) is 4.69. The van der Waals surface area contributed by atoms with E-state index in [4.69, 9.17) is 4.74 Å². The van der Waals surface area contributed by atoms with Crippen molar-refractivity contribution in [3.05, 3.63) is 29.8 Å². The minimum atomic E-state index is -0.136. The van der Waals surface area contributed by atoms with Gasteiger partial charge in [0.25, 0.3) is 11.8 Å². The molecule has 2 rings (SSSR count). The highest BCUT2D eigenvalue weighted by Crippen LogP contribution is 2.20. The SMILES string of the molecule is CN1CCCN(C(=O)c2ccccc2OCC(=O)N(C)C)CC1. The number of hydrogen-bond acceptors (Lipinski definition) is 4. The van der Waals surface area contributed by atoms with Gasteiger partial charge in [0.15, 0.2) is 6.61 Å². The van der Waals surface area contributed by atoms with E-state index in [2.05, 4.69) is 11.9 Å². The van der Waals surface area contributed by atoms with Gasteiger partial charge in [-0.3, -0.25) is 9.59 Å². The first kappa shape index (κ1) is 17.3. The second kappa shape index (κ2) is 7.97. The van der Waals surface area contributed by atoms with Gasteiger partial charge in [-0.15, -0.1) is 0 Å². The van der Waals surface area contributed by atoms with Crippen LogP contribution in [0.2, 0.25) is 0 Å². The summed E-state index contributed by atoms with van der Waals surface area (Å²) in [5, 5.41) is 0. The summed E-state index contributed by atoms with van der Waals surface area (Å²) in [4.78, 5) is 30.0. The van der Waals surface area contributed by atoms with Gasteiger partial charge >= 0.3 is 0 Å². The summed E-state index contributed by atoms with van der Waals surface area (Å²) in [6, 6.07) is 7.12. The van der Waals surface area contributed by atoms with Crippen LogP contribution in [0, 0.1) is 0 Å². The van der Waals surface area contributed by atoms with Crippen LogP contribution in [0.5, 0.6) is 5.75 Å². The lowest BCUT2D eigenvalue weighted by Gasteiger charge is -2.22. The van der Waals surface area contributed by atoms with E-state index >= 15 is 0 Å². The number of rotatable bonds is 4. The molecule has 0 saturated carbocycles. The van der Waals surface area contributed by atoms with Gasteiger partial charge in [-0.2, -0.15) is 0 Å². The number of carbonyl (C=O) groups is 2. The number of amides is 2. The number of para-hydroxylation sites is 1. The van der Waals surface area contributed by atoms with Gasteiger partial charge in [-0.1, -0.05) is 12.1 Å². The van der Waals surface area contributed by atoms with Crippen LogP contribution in [0.1, 0.15) is 16.8 Å². The maximum Gasteiger partial charge on any atom is 0.259 e. The van der Waals surface area contributed by atoms with Crippen LogP contribution in [0.3, 0.4) is 0 Å². The summed E-state index contributed by atoms with van der Waals surface area (Å²) < 4.78 is 5.58. The molecule has 0 spiro atoms. The molecule has 0 atom stereocenters. The van der Waals surface area contributed by atoms with Crippen LogP contribution in [0.15, 0.2) is 24.3 Å². The van der Waals surface area contributed by atoms with Gasteiger partial charge < -0.3 is 19.4 Å². The molecule has 0 N–H and O–H groups in total. The Morgan fingerprint density at radius 3 is 2.61 bits per heavy atom. The lowest BCUT2D eigenvalue weighted by atomic mass is 10.1. The average molecular weight is 319 g/mol. The summed E-state index contributed by atoms with van der Waals surface area (Å²) in [6.45, 7) is 3.25. The largest absolute Gasteiger partial charge is 0.483 e. The standard InChI is InChI=1S/C17H25N3O3/c1-18(2)16(21)13-23-15-8-5-4-7-14(15)17(22)20-10-6-9-19(3)11-12-20/h4-5,7-8H,6,9-13H2,1-3H3. The van der Waals surface area contributed by atoms with Crippen molar-refractivity contribution in [3.63, 3.8) is 0 Å². The van der Waals surface area contributed by atoms with Crippen molar-refractivity contribution in [1.29, 1.82) is 0 Å². The first-order valence-electron chi connectivity index (χ1n) is 7.89. The minimum Gasteiger partial charge on any atom is -0.483 e. The van der Waals surface area contributed by atoms with Gasteiger partial charge in [-0.25, -0.2) is 0 Å². The third-order valence-corrected chi connectivity index (χ3v) is 3.97. The molecule has 126 valence electrons. The normalized spacial score (nSPS) is 15.9. The Labute approximate surface area is 137 Å². The summed E-state index contributed by atoms with van der Waals surface area (Å²) in [6.07, 6.45) is 0.963. The highest BCUT2D eigenvalue weighted by atomic mass is 16.5. The Kier molecular flexibility index (Phi) is 5.98. The van der Waals surface area contributed by atoms with Crippen molar-refractivity contribution in [2.45, 2.75) is 6.42 Å². The van der Waals surface area contributed by atoms with E-state index in [9.17, 15) is 9.59 Å². The maximum absolute atomic E-state index is 12.8. The van der Waals surface area contributed by atoms with Gasteiger partial charge in [0.1, 0.15) is 5.75 Å². The van der Waals surface area contributed by atoms with E-state index in [0.717, 1.165) is 26.1 Å². The average Bonchev–Trinajstić information content (AvgIpc) is 2.76. The summed E-state index contributed by atoms with van der Waals surface area (Å²) >= 11 is 0. The van der Waals surface area contributed by atoms with Crippen molar-refractivity contribution in [1.82, 2.24) is 14.7 Å². The van der Waals surface area contributed by atoms with E-state index in [1.54, 1.807) is 26.2 Å². The molecule has 0 unspecified atom stereocenters. The third-order valence-electron chi connectivity index (χ3n) is 3.97. The fraction of sp³-hybridized carbons (Fsp3) is 0.529. The molecule has 1 aliphatic rings. The molecule has 0 bridgehead atoms. The van der Waals surface area contributed by atoms with Gasteiger partial charge in [0, 0.05) is 33.7 Å². The van der Waals surface area contributed by atoms with E-state index in [1.165, 1.54) is 4.90 Å². The molecule has 0 radical (unpaired) electrons. The van der Waals surface area contributed by atoms with Crippen molar-refractivity contribution in [2.75, 3.05) is 53.9 Å². The predicted molar refractivity (Wildman–Crippen MR) is 88.6 cm³/mol. The summed E-state index contributed by atoms with van der Waals surface area (Å²) in [7, 11) is 5.42.